The molecule has 118 valence electrons. The van der Waals surface area contributed by atoms with Crippen LogP contribution in [0.1, 0.15) is 65.2 Å². The fourth-order valence-electron chi connectivity index (χ4n) is 6.75. The number of allylic oxidation sites excluding steroid dienone is 2. The summed E-state index contributed by atoms with van der Waals surface area (Å²) in [5.74, 6) is 3.58. The summed E-state index contributed by atoms with van der Waals surface area (Å²) in [6, 6.07) is 0. The molecule has 4 aliphatic carbocycles. The molecule has 0 heterocycles. The highest BCUT2D eigenvalue weighted by Crippen LogP contribution is 2.66. The van der Waals surface area contributed by atoms with Gasteiger partial charge in [0.2, 0.25) is 0 Å². The molecule has 7 atom stereocenters. The van der Waals surface area contributed by atoms with Crippen LogP contribution in [0.25, 0.3) is 0 Å². The minimum atomic E-state index is -0.0115. The highest BCUT2D eigenvalue weighted by molar-refractivity contribution is 14.1. The van der Waals surface area contributed by atoms with Gasteiger partial charge in [0.1, 0.15) is 0 Å². The normalized spacial score (nSPS) is 56.2. The van der Waals surface area contributed by atoms with Crippen molar-refractivity contribution >= 4 is 22.6 Å². The number of aliphatic hydroxyl groups excluding tert-OH is 1. The fraction of sp³-hybridized carbons (Fsp3) is 0.895. The average Bonchev–Trinajstić information content (AvgIpc) is 2.76. The molecule has 1 nitrogen and oxygen atoms in total. The lowest BCUT2D eigenvalue weighted by molar-refractivity contribution is -0.116. The first-order valence-electron chi connectivity index (χ1n) is 8.99. The van der Waals surface area contributed by atoms with E-state index < -0.39 is 0 Å². The van der Waals surface area contributed by atoms with Gasteiger partial charge in [0, 0.05) is 5.41 Å². The van der Waals surface area contributed by atoms with E-state index in [0.717, 1.165) is 36.5 Å². The molecule has 21 heavy (non-hydrogen) atoms. The monoisotopic (exact) mass is 400 g/mol. The smallest absolute Gasteiger partial charge is 0.0543 e. The van der Waals surface area contributed by atoms with E-state index in [9.17, 15) is 5.11 Å². The summed E-state index contributed by atoms with van der Waals surface area (Å²) in [6.07, 6.45) is 12.9. The first kappa shape index (κ1) is 15.0. The third-order valence-electron chi connectivity index (χ3n) is 8.12. The van der Waals surface area contributed by atoms with Crippen LogP contribution < -0.4 is 0 Å². The maximum absolute atomic E-state index is 10.1. The Balaban J connectivity index is 1.63. The first-order chi connectivity index (χ1) is 9.95. The molecule has 2 heteroatoms. The molecule has 1 N–H and O–H groups in total. The molecule has 0 spiro atoms. The molecule has 0 aromatic heterocycles. The predicted octanol–water partition coefficient (Wildman–Crippen LogP) is 5.32. The zero-order valence-electron chi connectivity index (χ0n) is 13.4. The zero-order valence-corrected chi connectivity index (χ0v) is 15.6. The molecule has 0 radical (unpaired) electrons. The topological polar surface area (TPSA) is 20.2 Å². The maximum atomic E-state index is 10.1. The Morgan fingerprint density at radius 3 is 2.71 bits per heavy atom. The lowest BCUT2D eigenvalue weighted by atomic mass is 9.45. The molecule has 3 fully saturated rings. The van der Waals surface area contributed by atoms with Crippen molar-refractivity contribution in [1.82, 2.24) is 0 Å². The number of halogens is 1. The standard InChI is InChI=1S/C19H29IO/c1-18-9-7-13(21)11-12(18)3-4-14-15-5-6-17(20)19(15,2)10-8-16(14)18/h6,12-16,21H,3-5,7-11H2,1-2H3/t12?,13?,14?,15?,16?,18-,19-/m0/s1. The second-order valence-corrected chi connectivity index (χ2v) is 9.99. The van der Waals surface area contributed by atoms with Crippen molar-refractivity contribution in [3.05, 3.63) is 9.66 Å². The lowest BCUT2D eigenvalue weighted by Gasteiger charge is -2.60. The van der Waals surface area contributed by atoms with Crippen molar-refractivity contribution in [2.75, 3.05) is 0 Å². The number of aliphatic hydroxyl groups is 1. The van der Waals surface area contributed by atoms with Crippen molar-refractivity contribution < 1.29 is 5.11 Å². The van der Waals surface area contributed by atoms with Crippen molar-refractivity contribution in [2.45, 2.75) is 71.3 Å². The molecule has 0 bridgehead atoms. The Bertz CT molecular complexity index is 472. The van der Waals surface area contributed by atoms with E-state index in [2.05, 4.69) is 42.5 Å². The van der Waals surface area contributed by atoms with Gasteiger partial charge >= 0.3 is 0 Å². The average molecular weight is 400 g/mol. The van der Waals surface area contributed by atoms with Crippen LogP contribution in [0.4, 0.5) is 0 Å². The Labute approximate surface area is 143 Å². The predicted molar refractivity (Wildman–Crippen MR) is 95.2 cm³/mol. The second kappa shape index (κ2) is 4.96. The van der Waals surface area contributed by atoms with E-state index in [1.165, 1.54) is 38.5 Å². The van der Waals surface area contributed by atoms with Gasteiger partial charge in [-0.3, -0.25) is 0 Å². The fourth-order valence-corrected chi connectivity index (χ4v) is 7.67. The summed E-state index contributed by atoms with van der Waals surface area (Å²) in [5.41, 5.74) is 1.02. The van der Waals surface area contributed by atoms with Gasteiger partial charge in [-0.25, -0.2) is 0 Å². The van der Waals surface area contributed by atoms with E-state index in [1.807, 2.05) is 0 Å². The zero-order chi connectivity index (χ0) is 14.8. The van der Waals surface area contributed by atoms with Gasteiger partial charge in [0.05, 0.1) is 6.10 Å². The maximum Gasteiger partial charge on any atom is 0.0543 e. The number of fused-ring (bicyclic) bond motifs is 5. The Kier molecular flexibility index (Phi) is 3.54. The highest BCUT2D eigenvalue weighted by Gasteiger charge is 2.58. The van der Waals surface area contributed by atoms with Crippen LogP contribution >= 0.6 is 22.6 Å². The van der Waals surface area contributed by atoms with Crippen LogP contribution in [0.5, 0.6) is 0 Å². The lowest BCUT2D eigenvalue weighted by Crippen LogP contribution is -2.53. The Hall–Kier alpha value is 0.430. The Morgan fingerprint density at radius 2 is 1.90 bits per heavy atom. The van der Waals surface area contributed by atoms with Crippen LogP contribution in [0.3, 0.4) is 0 Å². The molecular weight excluding hydrogens is 371 g/mol. The third kappa shape index (κ3) is 2.03. The van der Waals surface area contributed by atoms with Gasteiger partial charge in [-0.15, -0.1) is 0 Å². The van der Waals surface area contributed by atoms with Crippen molar-refractivity contribution in [1.29, 1.82) is 0 Å². The minimum absolute atomic E-state index is 0.0115. The van der Waals surface area contributed by atoms with Gasteiger partial charge in [0.15, 0.2) is 0 Å². The molecule has 0 saturated heterocycles. The minimum Gasteiger partial charge on any atom is -0.393 e. The third-order valence-corrected chi connectivity index (χ3v) is 9.80. The number of hydrogen-bond acceptors (Lipinski definition) is 1. The SMILES string of the molecule is C[C@]12CCC(O)CC1CCC1C2CC[C@]2(C)C(I)=CCC12. The molecule has 0 aliphatic heterocycles. The molecule has 0 aromatic carbocycles. The highest BCUT2D eigenvalue weighted by atomic mass is 127. The summed E-state index contributed by atoms with van der Waals surface area (Å²) >= 11 is 2.62. The van der Waals surface area contributed by atoms with E-state index in [0.29, 0.717) is 10.8 Å². The van der Waals surface area contributed by atoms with Crippen molar-refractivity contribution in [3.63, 3.8) is 0 Å². The number of hydrogen-bond donors (Lipinski definition) is 1. The van der Waals surface area contributed by atoms with Crippen LogP contribution in [-0.4, -0.2) is 11.2 Å². The molecule has 4 aliphatic rings. The molecule has 5 unspecified atom stereocenters. The number of rotatable bonds is 0. The molecule has 0 amide bonds. The second-order valence-electron chi connectivity index (χ2n) is 8.83. The molecule has 0 aromatic rings. The van der Waals surface area contributed by atoms with Gasteiger partial charge in [-0.2, -0.15) is 0 Å². The molecule has 3 saturated carbocycles. The van der Waals surface area contributed by atoms with Gasteiger partial charge in [-0.05, 0) is 107 Å². The summed E-state index contributed by atoms with van der Waals surface area (Å²) in [4.78, 5) is 0. The molecule has 4 rings (SSSR count). The van der Waals surface area contributed by atoms with E-state index in [-0.39, 0.29) is 6.10 Å². The van der Waals surface area contributed by atoms with Crippen molar-refractivity contribution in [2.24, 2.45) is 34.5 Å². The van der Waals surface area contributed by atoms with E-state index in [1.54, 1.807) is 3.58 Å². The van der Waals surface area contributed by atoms with Crippen LogP contribution in [0, 0.1) is 34.5 Å². The Morgan fingerprint density at radius 1 is 1.10 bits per heavy atom. The van der Waals surface area contributed by atoms with E-state index in [4.69, 9.17) is 0 Å². The summed E-state index contributed by atoms with van der Waals surface area (Å²) in [7, 11) is 0. The van der Waals surface area contributed by atoms with Crippen molar-refractivity contribution in [3.8, 4) is 0 Å². The van der Waals surface area contributed by atoms with Gasteiger partial charge in [0.25, 0.3) is 0 Å². The summed E-state index contributed by atoms with van der Waals surface area (Å²) < 4.78 is 1.65. The van der Waals surface area contributed by atoms with Gasteiger partial charge in [-0.1, -0.05) is 19.9 Å². The van der Waals surface area contributed by atoms with Crippen LogP contribution in [0.2, 0.25) is 0 Å². The van der Waals surface area contributed by atoms with Gasteiger partial charge < -0.3 is 5.11 Å². The molecular formula is C19H29IO. The van der Waals surface area contributed by atoms with Crippen LogP contribution in [0.15, 0.2) is 9.66 Å². The first-order valence-corrected chi connectivity index (χ1v) is 10.1. The van der Waals surface area contributed by atoms with E-state index >= 15 is 0 Å². The summed E-state index contributed by atoms with van der Waals surface area (Å²) in [5, 5.41) is 10.1. The largest absolute Gasteiger partial charge is 0.393 e. The van der Waals surface area contributed by atoms with Crippen LogP contribution in [-0.2, 0) is 0 Å². The summed E-state index contributed by atoms with van der Waals surface area (Å²) in [6.45, 7) is 5.12. The quantitative estimate of drug-likeness (QED) is 0.546.